The summed E-state index contributed by atoms with van der Waals surface area (Å²) in [5.74, 6) is -0.665. The van der Waals surface area contributed by atoms with Gasteiger partial charge in [-0.1, -0.05) is 12.1 Å². The van der Waals surface area contributed by atoms with E-state index in [1.54, 1.807) is 17.9 Å². The largest absolute Gasteiger partial charge is 0.443 e. The molecule has 1 aliphatic rings. The van der Waals surface area contributed by atoms with Gasteiger partial charge in [-0.25, -0.2) is 9.37 Å². The van der Waals surface area contributed by atoms with Crippen molar-refractivity contribution < 1.29 is 18.4 Å². The van der Waals surface area contributed by atoms with Crippen LogP contribution in [0.1, 0.15) is 45.3 Å². The van der Waals surface area contributed by atoms with Crippen LogP contribution in [-0.4, -0.2) is 34.8 Å². The Hall–Kier alpha value is -2.70. The summed E-state index contributed by atoms with van der Waals surface area (Å²) in [7, 11) is 0. The van der Waals surface area contributed by atoms with E-state index in [2.05, 4.69) is 10.3 Å². The molecule has 0 radical (unpaired) electrons. The number of halogens is 1. The third-order valence-electron chi connectivity index (χ3n) is 3.96. The molecule has 0 bridgehead atoms. The standard InChI is InChI=1S/C17H18FN3O3/c1-11-15(17(23)21-8-4-5-9-21)20-14(24-11)10-19-16(22)12-6-2-3-7-13(12)18/h2-3,6-7H,4-5,8-10H2,1H3,(H,19,22). The highest BCUT2D eigenvalue weighted by atomic mass is 19.1. The third kappa shape index (κ3) is 3.29. The van der Waals surface area contributed by atoms with E-state index in [4.69, 9.17) is 4.42 Å². The van der Waals surface area contributed by atoms with E-state index < -0.39 is 11.7 Å². The number of rotatable bonds is 4. The van der Waals surface area contributed by atoms with Crippen LogP contribution in [0.2, 0.25) is 0 Å². The Morgan fingerprint density at radius 1 is 1.29 bits per heavy atom. The number of oxazole rings is 1. The molecule has 24 heavy (non-hydrogen) atoms. The van der Waals surface area contributed by atoms with Crippen LogP contribution < -0.4 is 5.32 Å². The molecule has 126 valence electrons. The monoisotopic (exact) mass is 331 g/mol. The Morgan fingerprint density at radius 2 is 2.00 bits per heavy atom. The molecule has 2 heterocycles. The lowest BCUT2D eigenvalue weighted by molar-refractivity contribution is 0.0785. The highest BCUT2D eigenvalue weighted by Gasteiger charge is 2.25. The number of aryl methyl sites for hydroxylation is 1. The predicted octanol–water partition coefficient (Wildman–Crippen LogP) is 2.29. The minimum atomic E-state index is -0.594. The van der Waals surface area contributed by atoms with Gasteiger partial charge in [0.1, 0.15) is 11.6 Å². The van der Waals surface area contributed by atoms with Crippen LogP contribution in [0.15, 0.2) is 28.7 Å². The van der Waals surface area contributed by atoms with Crippen LogP contribution in [-0.2, 0) is 6.54 Å². The summed E-state index contributed by atoms with van der Waals surface area (Å²) in [4.78, 5) is 30.2. The molecule has 2 amide bonds. The Kier molecular flexibility index (Phi) is 4.59. The molecule has 0 spiro atoms. The number of likely N-dealkylation sites (tertiary alicyclic amines) is 1. The van der Waals surface area contributed by atoms with Crippen molar-refractivity contribution in [3.05, 3.63) is 53.0 Å². The minimum absolute atomic E-state index is 0.0126. The van der Waals surface area contributed by atoms with Gasteiger partial charge in [-0.15, -0.1) is 0 Å². The van der Waals surface area contributed by atoms with Gasteiger partial charge in [0.2, 0.25) is 5.89 Å². The molecule has 3 rings (SSSR count). The van der Waals surface area contributed by atoms with Gasteiger partial charge >= 0.3 is 0 Å². The first-order valence-corrected chi connectivity index (χ1v) is 7.84. The first-order chi connectivity index (χ1) is 11.6. The predicted molar refractivity (Wildman–Crippen MR) is 83.9 cm³/mol. The number of hydrogen-bond donors (Lipinski definition) is 1. The van der Waals surface area contributed by atoms with Crippen molar-refractivity contribution in [2.75, 3.05) is 13.1 Å². The highest BCUT2D eigenvalue weighted by molar-refractivity contribution is 5.94. The minimum Gasteiger partial charge on any atom is -0.443 e. The molecule has 0 unspecified atom stereocenters. The summed E-state index contributed by atoms with van der Waals surface area (Å²) in [6, 6.07) is 5.71. The number of aromatic nitrogens is 1. The maximum absolute atomic E-state index is 13.6. The quantitative estimate of drug-likeness (QED) is 0.933. The number of carbonyl (C=O) groups is 2. The van der Waals surface area contributed by atoms with E-state index in [0.717, 1.165) is 25.9 Å². The molecule has 1 saturated heterocycles. The van der Waals surface area contributed by atoms with Gasteiger partial charge in [0.05, 0.1) is 12.1 Å². The summed E-state index contributed by atoms with van der Waals surface area (Å²) in [6.07, 6.45) is 1.99. The molecule has 1 aliphatic heterocycles. The first kappa shape index (κ1) is 16.2. The normalized spacial score (nSPS) is 14.0. The Bertz CT molecular complexity index is 766. The number of benzene rings is 1. The van der Waals surface area contributed by atoms with Gasteiger partial charge < -0.3 is 14.6 Å². The molecule has 0 aliphatic carbocycles. The van der Waals surface area contributed by atoms with Gasteiger partial charge in [0.15, 0.2) is 5.69 Å². The average Bonchev–Trinajstić information content (AvgIpc) is 3.22. The van der Waals surface area contributed by atoms with Crippen LogP contribution in [0.3, 0.4) is 0 Å². The molecular formula is C17H18FN3O3. The number of amides is 2. The summed E-state index contributed by atoms with van der Waals surface area (Å²) < 4.78 is 19.0. The Labute approximate surface area is 138 Å². The van der Waals surface area contributed by atoms with Gasteiger partial charge in [-0.3, -0.25) is 9.59 Å². The van der Waals surface area contributed by atoms with Crippen molar-refractivity contribution in [2.24, 2.45) is 0 Å². The van der Waals surface area contributed by atoms with Crippen LogP contribution in [0.5, 0.6) is 0 Å². The molecule has 7 heteroatoms. The Balaban J connectivity index is 1.66. The van der Waals surface area contributed by atoms with E-state index >= 15 is 0 Å². The van der Waals surface area contributed by atoms with Crippen LogP contribution >= 0.6 is 0 Å². The van der Waals surface area contributed by atoms with Gasteiger partial charge in [-0.2, -0.15) is 0 Å². The lowest BCUT2D eigenvalue weighted by Crippen LogP contribution is -2.28. The highest BCUT2D eigenvalue weighted by Crippen LogP contribution is 2.16. The van der Waals surface area contributed by atoms with Crippen LogP contribution in [0.25, 0.3) is 0 Å². The average molecular weight is 331 g/mol. The van der Waals surface area contributed by atoms with Crippen molar-refractivity contribution in [1.82, 2.24) is 15.2 Å². The first-order valence-electron chi connectivity index (χ1n) is 7.84. The maximum Gasteiger partial charge on any atom is 0.276 e. The van der Waals surface area contributed by atoms with E-state index in [1.165, 1.54) is 18.2 Å². The molecular weight excluding hydrogens is 313 g/mol. The third-order valence-corrected chi connectivity index (χ3v) is 3.96. The Morgan fingerprint density at radius 3 is 2.71 bits per heavy atom. The van der Waals surface area contributed by atoms with E-state index in [0.29, 0.717) is 5.76 Å². The molecule has 1 N–H and O–H groups in total. The van der Waals surface area contributed by atoms with Gasteiger partial charge in [0, 0.05) is 13.1 Å². The van der Waals surface area contributed by atoms with Crippen molar-refractivity contribution in [3.8, 4) is 0 Å². The molecule has 2 aromatic rings. The lowest BCUT2D eigenvalue weighted by Gasteiger charge is -2.13. The van der Waals surface area contributed by atoms with Crippen LogP contribution in [0, 0.1) is 12.7 Å². The molecule has 1 aromatic heterocycles. The van der Waals surface area contributed by atoms with E-state index in [9.17, 15) is 14.0 Å². The second-order valence-corrected chi connectivity index (χ2v) is 5.67. The fourth-order valence-corrected chi connectivity index (χ4v) is 2.69. The van der Waals surface area contributed by atoms with Crippen molar-refractivity contribution >= 4 is 11.8 Å². The van der Waals surface area contributed by atoms with Gasteiger partial charge in [-0.05, 0) is 31.9 Å². The van der Waals surface area contributed by atoms with Gasteiger partial charge in [0.25, 0.3) is 11.8 Å². The van der Waals surface area contributed by atoms with Crippen LogP contribution in [0.4, 0.5) is 4.39 Å². The number of nitrogens with one attached hydrogen (secondary N) is 1. The SMILES string of the molecule is Cc1oc(CNC(=O)c2ccccc2F)nc1C(=O)N1CCCC1. The number of hydrogen-bond acceptors (Lipinski definition) is 4. The summed E-state index contributed by atoms with van der Waals surface area (Å²) in [5.41, 5.74) is 0.223. The zero-order chi connectivity index (χ0) is 17.1. The zero-order valence-electron chi connectivity index (χ0n) is 13.3. The summed E-state index contributed by atoms with van der Waals surface area (Å²) in [6.45, 7) is 3.11. The second kappa shape index (κ2) is 6.82. The topological polar surface area (TPSA) is 75.4 Å². The summed E-state index contributed by atoms with van der Waals surface area (Å²) in [5, 5.41) is 2.55. The summed E-state index contributed by atoms with van der Waals surface area (Å²) >= 11 is 0. The molecule has 1 aromatic carbocycles. The number of carbonyl (C=O) groups excluding carboxylic acids is 2. The number of nitrogens with zero attached hydrogens (tertiary/aromatic N) is 2. The maximum atomic E-state index is 13.6. The van der Waals surface area contributed by atoms with Crippen molar-refractivity contribution in [3.63, 3.8) is 0 Å². The van der Waals surface area contributed by atoms with E-state index in [1.807, 2.05) is 0 Å². The molecule has 1 fully saturated rings. The van der Waals surface area contributed by atoms with Crippen molar-refractivity contribution in [1.29, 1.82) is 0 Å². The zero-order valence-corrected chi connectivity index (χ0v) is 13.3. The fraction of sp³-hybridized carbons (Fsp3) is 0.353. The second-order valence-electron chi connectivity index (χ2n) is 5.67. The fourth-order valence-electron chi connectivity index (χ4n) is 2.69. The smallest absolute Gasteiger partial charge is 0.276 e. The molecule has 6 nitrogen and oxygen atoms in total. The lowest BCUT2D eigenvalue weighted by atomic mass is 10.2. The van der Waals surface area contributed by atoms with E-state index in [-0.39, 0.29) is 29.6 Å². The van der Waals surface area contributed by atoms with Crippen molar-refractivity contribution in [2.45, 2.75) is 26.3 Å². The molecule has 0 saturated carbocycles. The molecule has 0 atom stereocenters.